The Hall–Kier alpha value is -0.0431. The van der Waals surface area contributed by atoms with E-state index in [4.69, 9.17) is 4.43 Å². The van der Waals surface area contributed by atoms with Crippen LogP contribution < -0.4 is 0 Å². The molecule has 0 rings (SSSR count). The largest absolute Gasteiger partial charge is 0.401 e. The molecule has 0 N–H and O–H groups in total. The lowest BCUT2D eigenvalue weighted by Gasteiger charge is -2.30. The summed E-state index contributed by atoms with van der Waals surface area (Å²) in [5, 5.41) is 0. The van der Waals surface area contributed by atoms with Crippen LogP contribution in [0.25, 0.3) is 0 Å². The highest BCUT2D eigenvalue weighted by Gasteiger charge is 2.28. The molecule has 0 aromatic rings. The Balaban J connectivity index is 4.07. The lowest BCUT2D eigenvalue weighted by molar-refractivity contribution is 0.164. The maximum absolute atomic E-state index is 6.10. The molecule has 0 radical (unpaired) electrons. The molecule has 0 aliphatic carbocycles. The van der Waals surface area contributed by atoms with Crippen molar-refractivity contribution in [1.82, 2.24) is 0 Å². The van der Waals surface area contributed by atoms with E-state index in [1.54, 1.807) is 0 Å². The SMILES string of the molecule is C=CCCCCC#CC(C)(C)O[Si](C)(C)CBr. The van der Waals surface area contributed by atoms with Crippen LogP contribution in [0.1, 0.15) is 39.5 Å². The van der Waals surface area contributed by atoms with Gasteiger partial charge in [0.2, 0.25) is 0 Å². The Bertz CT molecular complexity index is 286. The van der Waals surface area contributed by atoms with Gasteiger partial charge >= 0.3 is 0 Å². The minimum absolute atomic E-state index is 0.318. The molecule has 0 fully saturated rings. The van der Waals surface area contributed by atoms with Crippen molar-refractivity contribution in [3.63, 3.8) is 0 Å². The van der Waals surface area contributed by atoms with Gasteiger partial charge in [-0.2, -0.15) is 0 Å². The monoisotopic (exact) mass is 316 g/mol. The van der Waals surface area contributed by atoms with Crippen molar-refractivity contribution in [2.45, 2.75) is 58.2 Å². The Morgan fingerprint density at radius 3 is 2.53 bits per heavy atom. The number of hydrogen-bond acceptors (Lipinski definition) is 1. The second-order valence-electron chi connectivity index (χ2n) is 5.34. The van der Waals surface area contributed by atoms with Gasteiger partial charge in [0.05, 0.1) is 0 Å². The van der Waals surface area contributed by atoms with Gasteiger partial charge in [0.15, 0.2) is 8.32 Å². The minimum atomic E-state index is -1.59. The molecular formula is C14H25BrOSi. The first kappa shape index (κ1) is 17.0. The fraction of sp³-hybridized carbons (Fsp3) is 0.714. The standard InChI is InChI=1S/C14H25BrOSi/c1-6-7-8-9-10-11-12-14(2,3)16-17(4,5)13-15/h6H,1,7-10,13H2,2-5H3. The summed E-state index contributed by atoms with van der Waals surface area (Å²) in [6.45, 7) is 12.2. The van der Waals surface area contributed by atoms with Crippen LogP contribution in [0.5, 0.6) is 0 Å². The van der Waals surface area contributed by atoms with E-state index in [0.717, 1.165) is 24.2 Å². The predicted molar refractivity (Wildman–Crippen MR) is 82.9 cm³/mol. The van der Waals surface area contributed by atoms with Crippen LogP contribution in [0.4, 0.5) is 0 Å². The first-order valence-electron chi connectivity index (χ1n) is 6.20. The summed E-state index contributed by atoms with van der Waals surface area (Å²) in [6.07, 6.45) is 6.34. The number of halogens is 1. The zero-order chi connectivity index (χ0) is 13.4. The molecule has 0 spiro atoms. The maximum Gasteiger partial charge on any atom is 0.199 e. The average Bonchev–Trinajstić information content (AvgIpc) is 2.22. The summed E-state index contributed by atoms with van der Waals surface area (Å²) in [5.41, 5.74) is -0.318. The maximum atomic E-state index is 6.10. The average molecular weight is 317 g/mol. The Morgan fingerprint density at radius 1 is 1.35 bits per heavy atom. The number of hydrogen-bond donors (Lipinski definition) is 0. The molecule has 0 unspecified atom stereocenters. The van der Waals surface area contributed by atoms with Crippen molar-refractivity contribution >= 4 is 24.2 Å². The van der Waals surface area contributed by atoms with Gasteiger partial charge < -0.3 is 4.43 Å². The van der Waals surface area contributed by atoms with Crippen LogP contribution in [0.2, 0.25) is 13.1 Å². The number of allylic oxidation sites excluding steroid dienone is 1. The summed E-state index contributed by atoms with van der Waals surface area (Å²) < 4.78 is 6.10. The van der Waals surface area contributed by atoms with Crippen LogP contribution in [-0.2, 0) is 4.43 Å². The van der Waals surface area contributed by atoms with E-state index < -0.39 is 8.32 Å². The molecule has 0 saturated carbocycles. The highest BCUT2D eigenvalue weighted by Crippen LogP contribution is 2.18. The molecule has 0 aromatic carbocycles. The van der Waals surface area contributed by atoms with E-state index in [9.17, 15) is 0 Å². The van der Waals surface area contributed by atoms with Gasteiger partial charge in [-0.05, 0) is 46.2 Å². The van der Waals surface area contributed by atoms with Crippen molar-refractivity contribution in [2.75, 3.05) is 4.95 Å². The van der Waals surface area contributed by atoms with Gasteiger partial charge in [-0.3, -0.25) is 0 Å². The van der Waals surface area contributed by atoms with Crippen molar-refractivity contribution in [1.29, 1.82) is 0 Å². The molecule has 0 amide bonds. The number of rotatable bonds is 7. The summed E-state index contributed by atoms with van der Waals surface area (Å²) >= 11 is 3.51. The molecule has 0 heterocycles. The van der Waals surface area contributed by atoms with Crippen LogP contribution in [-0.4, -0.2) is 18.9 Å². The third-order valence-electron chi connectivity index (χ3n) is 2.20. The smallest absolute Gasteiger partial charge is 0.199 e. The van der Waals surface area contributed by atoms with Crippen LogP contribution >= 0.6 is 15.9 Å². The third kappa shape index (κ3) is 9.64. The molecule has 0 aliphatic heterocycles. The first-order valence-corrected chi connectivity index (χ1v) is 10.4. The van der Waals surface area contributed by atoms with Gasteiger partial charge in [-0.25, -0.2) is 0 Å². The van der Waals surface area contributed by atoms with E-state index in [0.29, 0.717) is 0 Å². The Labute approximate surface area is 116 Å². The fourth-order valence-corrected chi connectivity index (χ4v) is 3.35. The molecule has 17 heavy (non-hydrogen) atoms. The van der Waals surface area contributed by atoms with Gasteiger partial charge in [0.1, 0.15) is 5.60 Å². The molecule has 0 aromatic heterocycles. The van der Waals surface area contributed by atoms with Crippen molar-refractivity contribution in [2.24, 2.45) is 0 Å². The van der Waals surface area contributed by atoms with Crippen LogP contribution in [0.3, 0.4) is 0 Å². The van der Waals surface area contributed by atoms with E-state index in [-0.39, 0.29) is 5.60 Å². The normalized spacial score (nSPS) is 11.8. The molecule has 0 bridgehead atoms. The third-order valence-corrected chi connectivity index (χ3v) is 7.96. The summed E-state index contributed by atoms with van der Waals surface area (Å²) in [6, 6.07) is 0. The molecule has 98 valence electrons. The van der Waals surface area contributed by atoms with Crippen molar-refractivity contribution in [3.8, 4) is 11.8 Å². The first-order chi connectivity index (χ1) is 7.83. The molecule has 3 heteroatoms. The van der Waals surface area contributed by atoms with Crippen molar-refractivity contribution < 1.29 is 4.43 Å². The molecule has 0 saturated heterocycles. The second kappa shape index (κ2) is 8.13. The second-order valence-corrected chi connectivity index (χ2v) is 11.0. The highest BCUT2D eigenvalue weighted by atomic mass is 79.9. The Morgan fingerprint density at radius 2 is 2.00 bits per heavy atom. The van der Waals surface area contributed by atoms with Crippen LogP contribution in [0.15, 0.2) is 12.7 Å². The van der Waals surface area contributed by atoms with E-state index in [2.05, 4.69) is 61.3 Å². The van der Waals surface area contributed by atoms with Crippen molar-refractivity contribution in [3.05, 3.63) is 12.7 Å². The Kier molecular flexibility index (Phi) is 8.11. The lowest BCUT2D eigenvalue weighted by atomic mass is 10.1. The molecular weight excluding hydrogens is 292 g/mol. The topological polar surface area (TPSA) is 9.23 Å². The summed E-state index contributed by atoms with van der Waals surface area (Å²) in [7, 11) is -1.59. The predicted octanol–water partition coefficient (Wildman–Crippen LogP) is 4.67. The molecule has 0 atom stereocenters. The number of alkyl halides is 1. The zero-order valence-corrected chi connectivity index (χ0v) is 14.2. The van der Waals surface area contributed by atoms with Gasteiger partial charge in [-0.1, -0.05) is 27.9 Å². The van der Waals surface area contributed by atoms with Crippen LogP contribution in [0, 0.1) is 11.8 Å². The van der Waals surface area contributed by atoms with Gasteiger partial charge in [0, 0.05) is 11.4 Å². The molecule has 0 aliphatic rings. The number of unbranched alkanes of at least 4 members (excludes halogenated alkanes) is 3. The fourth-order valence-electron chi connectivity index (χ4n) is 1.52. The zero-order valence-electron chi connectivity index (χ0n) is 11.6. The van der Waals surface area contributed by atoms with E-state index in [1.807, 2.05) is 6.08 Å². The quantitative estimate of drug-likeness (QED) is 0.218. The van der Waals surface area contributed by atoms with E-state index in [1.165, 1.54) is 6.42 Å². The minimum Gasteiger partial charge on any atom is -0.401 e. The van der Waals surface area contributed by atoms with Gasteiger partial charge in [0.25, 0.3) is 0 Å². The highest BCUT2D eigenvalue weighted by molar-refractivity contribution is 9.09. The lowest BCUT2D eigenvalue weighted by Crippen LogP contribution is -2.41. The summed E-state index contributed by atoms with van der Waals surface area (Å²) in [5.74, 6) is 6.47. The van der Waals surface area contributed by atoms with Gasteiger partial charge in [-0.15, -0.1) is 12.5 Å². The molecule has 1 nitrogen and oxygen atoms in total. The summed E-state index contributed by atoms with van der Waals surface area (Å²) in [4.78, 5) is 0.949. The van der Waals surface area contributed by atoms with E-state index >= 15 is 0 Å².